The van der Waals surface area contributed by atoms with Crippen molar-refractivity contribution in [3.05, 3.63) is 95.6 Å². The topological polar surface area (TPSA) is 46.6 Å². The number of rotatable bonds is 6. The second kappa shape index (κ2) is 8.61. The van der Waals surface area contributed by atoms with Crippen molar-refractivity contribution in [1.82, 2.24) is 4.31 Å². The number of aryl methyl sites for hydroxylation is 1. The SMILES string of the molecule is Cc1ccc(S(=O)(=O)N2CCS[C@H]2c2cccc(OCc3ccccc3)c2)cc1. The highest BCUT2D eigenvalue weighted by atomic mass is 32.2. The van der Waals surface area contributed by atoms with Gasteiger partial charge in [-0.1, -0.05) is 60.2 Å². The molecule has 6 heteroatoms. The van der Waals surface area contributed by atoms with Crippen LogP contribution in [-0.2, 0) is 16.6 Å². The highest BCUT2D eigenvalue weighted by Gasteiger charge is 2.36. The van der Waals surface area contributed by atoms with Crippen LogP contribution in [0.5, 0.6) is 5.75 Å². The summed E-state index contributed by atoms with van der Waals surface area (Å²) in [5.41, 5.74) is 3.07. The van der Waals surface area contributed by atoms with E-state index in [1.54, 1.807) is 28.2 Å². The van der Waals surface area contributed by atoms with E-state index in [0.29, 0.717) is 18.0 Å². The van der Waals surface area contributed by atoms with Crippen molar-refractivity contribution in [2.45, 2.75) is 23.8 Å². The van der Waals surface area contributed by atoms with Crippen LogP contribution < -0.4 is 4.74 Å². The smallest absolute Gasteiger partial charge is 0.244 e. The molecule has 0 N–H and O–H groups in total. The van der Waals surface area contributed by atoms with Crippen LogP contribution in [0.4, 0.5) is 0 Å². The van der Waals surface area contributed by atoms with Gasteiger partial charge in [-0.15, -0.1) is 11.8 Å². The van der Waals surface area contributed by atoms with Gasteiger partial charge in [0, 0.05) is 12.3 Å². The molecule has 1 fully saturated rings. The summed E-state index contributed by atoms with van der Waals surface area (Å²) >= 11 is 1.64. The van der Waals surface area contributed by atoms with Crippen molar-refractivity contribution in [2.75, 3.05) is 12.3 Å². The third-order valence-corrected chi connectivity index (χ3v) is 8.14. The fourth-order valence-corrected chi connectivity index (χ4v) is 6.54. The van der Waals surface area contributed by atoms with Crippen molar-refractivity contribution in [1.29, 1.82) is 0 Å². The van der Waals surface area contributed by atoms with Gasteiger partial charge in [-0.05, 0) is 42.3 Å². The van der Waals surface area contributed by atoms with E-state index in [1.807, 2.05) is 73.7 Å². The largest absolute Gasteiger partial charge is 0.489 e. The number of hydrogen-bond donors (Lipinski definition) is 0. The third-order valence-electron chi connectivity index (χ3n) is 4.87. The average molecular weight is 426 g/mol. The number of benzene rings is 3. The summed E-state index contributed by atoms with van der Waals surface area (Å²) in [5, 5.41) is -0.249. The number of hydrogen-bond acceptors (Lipinski definition) is 4. The van der Waals surface area contributed by atoms with Gasteiger partial charge in [0.25, 0.3) is 0 Å². The predicted molar refractivity (Wildman–Crippen MR) is 117 cm³/mol. The number of sulfonamides is 1. The first kappa shape index (κ1) is 20.0. The van der Waals surface area contributed by atoms with E-state index >= 15 is 0 Å². The number of thioether (sulfide) groups is 1. The van der Waals surface area contributed by atoms with E-state index in [-0.39, 0.29) is 5.37 Å². The Morgan fingerprint density at radius 3 is 2.52 bits per heavy atom. The maximum Gasteiger partial charge on any atom is 0.244 e. The summed E-state index contributed by atoms with van der Waals surface area (Å²) in [6, 6.07) is 24.8. The second-order valence-corrected chi connectivity index (χ2v) is 10.1. The van der Waals surface area contributed by atoms with E-state index in [9.17, 15) is 8.42 Å². The Hall–Kier alpha value is -2.28. The fourth-order valence-electron chi connectivity index (χ4n) is 3.31. The lowest BCUT2D eigenvalue weighted by Gasteiger charge is -2.24. The van der Waals surface area contributed by atoms with Gasteiger partial charge in [-0.3, -0.25) is 0 Å². The van der Waals surface area contributed by atoms with Crippen molar-refractivity contribution in [3.8, 4) is 5.75 Å². The number of ether oxygens (including phenoxy) is 1. The zero-order chi connectivity index (χ0) is 20.3. The molecule has 29 heavy (non-hydrogen) atoms. The standard InChI is InChI=1S/C23H23NO3S2/c1-18-10-12-22(13-11-18)29(25,26)24-14-15-28-23(24)20-8-5-9-21(16-20)27-17-19-6-3-2-4-7-19/h2-13,16,23H,14-15,17H2,1H3/t23-/m0/s1. The molecule has 1 aliphatic rings. The molecule has 0 unspecified atom stereocenters. The van der Waals surface area contributed by atoms with Crippen molar-refractivity contribution < 1.29 is 13.2 Å². The zero-order valence-corrected chi connectivity index (χ0v) is 17.8. The van der Waals surface area contributed by atoms with Crippen molar-refractivity contribution >= 4 is 21.8 Å². The van der Waals surface area contributed by atoms with Crippen LogP contribution >= 0.6 is 11.8 Å². The molecule has 0 amide bonds. The fraction of sp³-hybridized carbons (Fsp3) is 0.217. The molecule has 0 saturated carbocycles. The normalized spacial score (nSPS) is 17.3. The molecule has 1 atom stereocenters. The minimum Gasteiger partial charge on any atom is -0.489 e. The molecule has 150 valence electrons. The minimum absolute atomic E-state index is 0.249. The van der Waals surface area contributed by atoms with Crippen LogP contribution in [0, 0.1) is 6.92 Å². The Balaban J connectivity index is 1.55. The summed E-state index contributed by atoms with van der Waals surface area (Å²) in [5.74, 6) is 1.51. The summed E-state index contributed by atoms with van der Waals surface area (Å²) < 4.78 is 33.9. The molecule has 0 aliphatic carbocycles. The second-order valence-electron chi connectivity index (χ2n) is 7.00. The summed E-state index contributed by atoms with van der Waals surface area (Å²) in [4.78, 5) is 0.340. The van der Waals surface area contributed by atoms with Crippen LogP contribution in [0.1, 0.15) is 22.1 Å². The van der Waals surface area contributed by atoms with Crippen molar-refractivity contribution in [2.24, 2.45) is 0 Å². The molecule has 0 radical (unpaired) electrons. The van der Waals surface area contributed by atoms with Crippen LogP contribution in [0.2, 0.25) is 0 Å². The van der Waals surface area contributed by atoms with E-state index in [4.69, 9.17) is 4.74 Å². The Kier molecular flexibility index (Phi) is 5.94. The highest BCUT2D eigenvalue weighted by Crippen LogP contribution is 2.42. The minimum atomic E-state index is -3.55. The van der Waals surface area contributed by atoms with Crippen LogP contribution in [-0.4, -0.2) is 25.0 Å². The Bertz CT molecular complexity index is 1070. The molecule has 1 saturated heterocycles. The van der Waals surface area contributed by atoms with E-state index in [2.05, 4.69) is 0 Å². The lowest BCUT2D eigenvalue weighted by Crippen LogP contribution is -2.30. The molecule has 4 nitrogen and oxygen atoms in total. The van der Waals surface area contributed by atoms with Gasteiger partial charge in [0.05, 0.1) is 10.3 Å². The van der Waals surface area contributed by atoms with Crippen molar-refractivity contribution in [3.63, 3.8) is 0 Å². The van der Waals surface area contributed by atoms with Gasteiger partial charge < -0.3 is 4.74 Å². The van der Waals surface area contributed by atoms with Gasteiger partial charge in [-0.25, -0.2) is 8.42 Å². The quantitative estimate of drug-likeness (QED) is 0.557. The summed E-state index contributed by atoms with van der Waals surface area (Å²) in [6.45, 7) is 2.93. The molecule has 1 heterocycles. The molecule has 3 aromatic carbocycles. The van der Waals surface area contributed by atoms with Gasteiger partial charge in [0.2, 0.25) is 10.0 Å². The van der Waals surface area contributed by atoms with Gasteiger partial charge in [0.1, 0.15) is 12.4 Å². The maximum absolute atomic E-state index is 13.2. The lowest BCUT2D eigenvalue weighted by molar-refractivity contribution is 0.305. The monoisotopic (exact) mass is 425 g/mol. The molecule has 0 spiro atoms. The molecule has 3 aromatic rings. The molecular formula is C23H23NO3S2. The van der Waals surface area contributed by atoms with Gasteiger partial charge in [-0.2, -0.15) is 4.31 Å². The first-order valence-corrected chi connectivity index (χ1v) is 12.0. The van der Waals surface area contributed by atoms with Gasteiger partial charge >= 0.3 is 0 Å². The van der Waals surface area contributed by atoms with E-state index in [0.717, 1.165) is 28.2 Å². The predicted octanol–water partition coefficient (Wildman–Crippen LogP) is 5.01. The van der Waals surface area contributed by atoms with E-state index < -0.39 is 10.0 Å². The van der Waals surface area contributed by atoms with Crippen LogP contribution in [0.25, 0.3) is 0 Å². The molecular weight excluding hydrogens is 402 g/mol. The Morgan fingerprint density at radius 1 is 1.00 bits per heavy atom. The first-order chi connectivity index (χ1) is 14.0. The third kappa shape index (κ3) is 4.50. The average Bonchev–Trinajstić information content (AvgIpc) is 3.25. The Labute approximate surface area is 176 Å². The molecule has 1 aliphatic heterocycles. The van der Waals surface area contributed by atoms with E-state index in [1.165, 1.54) is 0 Å². The Morgan fingerprint density at radius 2 is 1.76 bits per heavy atom. The van der Waals surface area contributed by atoms with Gasteiger partial charge in [0.15, 0.2) is 0 Å². The zero-order valence-electron chi connectivity index (χ0n) is 16.2. The highest BCUT2D eigenvalue weighted by molar-refractivity contribution is 8.01. The molecule has 0 aromatic heterocycles. The molecule has 4 rings (SSSR count). The number of nitrogens with zero attached hydrogens (tertiary/aromatic N) is 1. The van der Waals surface area contributed by atoms with Crippen LogP contribution in [0.3, 0.4) is 0 Å². The molecule has 0 bridgehead atoms. The lowest BCUT2D eigenvalue weighted by atomic mass is 10.2. The summed E-state index contributed by atoms with van der Waals surface area (Å²) in [6.07, 6.45) is 0. The maximum atomic E-state index is 13.2. The summed E-state index contributed by atoms with van der Waals surface area (Å²) in [7, 11) is -3.55. The first-order valence-electron chi connectivity index (χ1n) is 9.51. The van der Waals surface area contributed by atoms with Crippen LogP contribution in [0.15, 0.2) is 83.8 Å².